The molecule has 2 atom stereocenters. The molecule has 0 saturated carbocycles. The summed E-state index contributed by atoms with van der Waals surface area (Å²) in [6, 6.07) is 5.83. The molecule has 0 spiro atoms. The molecule has 2 aliphatic rings. The zero-order valence-corrected chi connectivity index (χ0v) is 18.7. The summed E-state index contributed by atoms with van der Waals surface area (Å²) in [5.74, 6) is -0.307. The van der Waals surface area contributed by atoms with Crippen LogP contribution in [0.4, 0.5) is 4.39 Å². The standard InChI is InChI=1S/C23H36FN3O4/c1-18(2)13-27(23(29)19-4-3-5-20(24)12-19)17-22-16-26(8-11-31-22)15-21(28)14-25-6-9-30-10-7-25/h3-5,12,18,21-22,28H,6-11,13-17H2,1-2H3/t21-,22-/m1/s1. The second kappa shape index (κ2) is 11.9. The van der Waals surface area contributed by atoms with Gasteiger partial charge in [-0.1, -0.05) is 19.9 Å². The number of β-amino-alcohol motifs (C(OH)–C–C–N with tert-alkyl or cyclic N) is 1. The van der Waals surface area contributed by atoms with E-state index in [-0.39, 0.29) is 17.9 Å². The third kappa shape index (κ3) is 7.80. The van der Waals surface area contributed by atoms with E-state index in [0.29, 0.717) is 44.9 Å². The molecule has 2 heterocycles. The smallest absolute Gasteiger partial charge is 0.254 e. The maximum absolute atomic E-state index is 13.6. The number of benzene rings is 1. The molecule has 2 fully saturated rings. The molecule has 31 heavy (non-hydrogen) atoms. The molecule has 0 aliphatic carbocycles. The van der Waals surface area contributed by atoms with Crippen LogP contribution in [0.2, 0.25) is 0 Å². The molecule has 0 aromatic heterocycles. The van der Waals surface area contributed by atoms with Crippen LogP contribution in [-0.4, -0.2) is 110 Å². The first kappa shape index (κ1) is 24.1. The predicted octanol–water partition coefficient (Wildman–Crippen LogP) is 1.32. The first-order valence-electron chi connectivity index (χ1n) is 11.3. The van der Waals surface area contributed by atoms with Crippen LogP contribution in [0, 0.1) is 11.7 Å². The van der Waals surface area contributed by atoms with Crippen molar-refractivity contribution in [1.82, 2.24) is 14.7 Å². The van der Waals surface area contributed by atoms with Gasteiger partial charge in [0.05, 0.1) is 32.0 Å². The number of aliphatic hydroxyl groups excluding tert-OH is 1. The molecule has 1 N–H and O–H groups in total. The molecule has 174 valence electrons. The Morgan fingerprint density at radius 2 is 1.90 bits per heavy atom. The van der Waals surface area contributed by atoms with Crippen LogP contribution < -0.4 is 0 Å². The summed E-state index contributed by atoms with van der Waals surface area (Å²) in [5.41, 5.74) is 0.356. The molecule has 3 rings (SSSR count). The number of hydrogen-bond donors (Lipinski definition) is 1. The zero-order chi connectivity index (χ0) is 22.2. The molecule has 1 amide bonds. The number of carbonyl (C=O) groups excluding carboxylic acids is 1. The third-order valence-electron chi connectivity index (χ3n) is 5.63. The molecule has 0 unspecified atom stereocenters. The van der Waals surface area contributed by atoms with Crippen molar-refractivity contribution in [3.05, 3.63) is 35.6 Å². The van der Waals surface area contributed by atoms with Crippen molar-refractivity contribution in [2.75, 3.05) is 72.2 Å². The normalized spacial score (nSPS) is 21.9. The van der Waals surface area contributed by atoms with Crippen LogP contribution in [0.15, 0.2) is 24.3 Å². The summed E-state index contributed by atoms with van der Waals surface area (Å²) in [6.45, 7) is 11.5. The lowest BCUT2D eigenvalue weighted by Crippen LogP contribution is -2.52. The highest BCUT2D eigenvalue weighted by atomic mass is 19.1. The number of ether oxygens (including phenoxy) is 2. The molecule has 1 aromatic rings. The number of hydrogen-bond acceptors (Lipinski definition) is 6. The minimum absolute atomic E-state index is 0.138. The largest absolute Gasteiger partial charge is 0.390 e. The van der Waals surface area contributed by atoms with Gasteiger partial charge in [0.15, 0.2) is 0 Å². The number of nitrogens with zero attached hydrogens (tertiary/aromatic N) is 3. The lowest BCUT2D eigenvalue weighted by Gasteiger charge is -2.37. The summed E-state index contributed by atoms with van der Waals surface area (Å²) in [4.78, 5) is 19.2. The molecule has 2 aliphatic heterocycles. The highest BCUT2D eigenvalue weighted by Crippen LogP contribution is 2.14. The van der Waals surface area contributed by atoms with Crippen molar-refractivity contribution in [3.8, 4) is 0 Å². The van der Waals surface area contributed by atoms with E-state index in [1.165, 1.54) is 12.1 Å². The van der Waals surface area contributed by atoms with E-state index >= 15 is 0 Å². The van der Waals surface area contributed by atoms with Gasteiger partial charge in [-0.2, -0.15) is 0 Å². The van der Waals surface area contributed by atoms with Crippen molar-refractivity contribution in [3.63, 3.8) is 0 Å². The van der Waals surface area contributed by atoms with Crippen molar-refractivity contribution < 1.29 is 23.8 Å². The fraction of sp³-hybridized carbons (Fsp3) is 0.696. The van der Waals surface area contributed by atoms with E-state index in [4.69, 9.17) is 9.47 Å². The van der Waals surface area contributed by atoms with E-state index in [0.717, 1.165) is 32.8 Å². The van der Waals surface area contributed by atoms with E-state index in [1.807, 2.05) is 0 Å². The molecular formula is C23H36FN3O4. The second-order valence-corrected chi connectivity index (χ2v) is 8.93. The highest BCUT2D eigenvalue weighted by molar-refractivity contribution is 5.94. The number of halogens is 1. The van der Waals surface area contributed by atoms with Crippen LogP contribution in [0.5, 0.6) is 0 Å². The van der Waals surface area contributed by atoms with Crippen molar-refractivity contribution in [2.24, 2.45) is 5.92 Å². The summed E-state index contributed by atoms with van der Waals surface area (Å²) in [6.07, 6.45) is -0.571. The lowest BCUT2D eigenvalue weighted by molar-refractivity contribution is -0.0560. The average molecular weight is 438 g/mol. The fourth-order valence-electron chi connectivity index (χ4n) is 4.23. The Labute approximate surface area is 184 Å². The Balaban J connectivity index is 1.54. The SMILES string of the molecule is CC(C)CN(C[C@H]1CN(C[C@H](O)CN2CCOCC2)CCO1)C(=O)c1cccc(F)c1. The van der Waals surface area contributed by atoms with Crippen molar-refractivity contribution in [1.29, 1.82) is 0 Å². The van der Waals surface area contributed by atoms with Gasteiger partial charge in [0.25, 0.3) is 5.91 Å². The average Bonchev–Trinajstić information content (AvgIpc) is 2.73. The summed E-state index contributed by atoms with van der Waals surface area (Å²) in [5, 5.41) is 10.5. The van der Waals surface area contributed by atoms with Gasteiger partial charge in [0, 0.05) is 57.9 Å². The second-order valence-electron chi connectivity index (χ2n) is 8.93. The monoisotopic (exact) mass is 437 g/mol. The van der Waals surface area contributed by atoms with Crippen LogP contribution in [0.1, 0.15) is 24.2 Å². The lowest BCUT2D eigenvalue weighted by atomic mass is 10.1. The maximum Gasteiger partial charge on any atom is 0.254 e. The van der Waals surface area contributed by atoms with Gasteiger partial charge >= 0.3 is 0 Å². The minimum Gasteiger partial charge on any atom is -0.390 e. The summed E-state index contributed by atoms with van der Waals surface area (Å²) in [7, 11) is 0. The summed E-state index contributed by atoms with van der Waals surface area (Å²) < 4.78 is 24.9. The fourth-order valence-corrected chi connectivity index (χ4v) is 4.23. The summed E-state index contributed by atoms with van der Waals surface area (Å²) >= 11 is 0. The van der Waals surface area contributed by atoms with Gasteiger partial charge in [-0.15, -0.1) is 0 Å². The number of carbonyl (C=O) groups is 1. The first-order chi connectivity index (χ1) is 14.9. The molecule has 7 nitrogen and oxygen atoms in total. The van der Waals surface area contributed by atoms with E-state index < -0.39 is 11.9 Å². The molecular weight excluding hydrogens is 401 g/mol. The van der Waals surface area contributed by atoms with Gasteiger partial charge in [0.2, 0.25) is 0 Å². The Morgan fingerprint density at radius 1 is 1.19 bits per heavy atom. The molecule has 0 bridgehead atoms. The highest BCUT2D eigenvalue weighted by Gasteiger charge is 2.27. The molecule has 1 aromatic carbocycles. The Hall–Kier alpha value is -1.58. The predicted molar refractivity (Wildman–Crippen MR) is 117 cm³/mol. The first-order valence-corrected chi connectivity index (χ1v) is 11.3. The number of amides is 1. The van der Waals surface area contributed by atoms with Gasteiger partial charge in [-0.3, -0.25) is 14.6 Å². The molecule has 0 radical (unpaired) electrons. The molecule has 8 heteroatoms. The quantitative estimate of drug-likeness (QED) is 0.629. The Morgan fingerprint density at radius 3 is 2.61 bits per heavy atom. The van der Waals surface area contributed by atoms with Gasteiger partial charge in [0.1, 0.15) is 5.82 Å². The number of rotatable bonds is 9. The van der Waals surface area contributed by atoms with Crippen LogP contribution in [-0.2, 0) is 9.47 Å². The maximum atomic E-state index is 13.6. The Bertz CT molecular complexity index is 699. The van der Waals surface area contributed by atoms with Crippen LogP contribution in [0.3, 0.4) is 0 Å². The van der Waals surface area contributed by atoms with Gasteiger partial charge in [-0.25, -0.2) is 4.39 Å². The van der Waals surface area contributed by atoms with Gasteiger partial charge < -0.3 is 19.5 Å². The number of morpholine rings is 2. The third-order valence-corrected chi connectivity index (χ3v) is 5.63. The minimum atomic E-state index is -0.433. The van der Waals surface area contributed by atoms with E-state index in [9.17, 15) is 14.3 Å². The Kier molecular flexibility index (Phi) is 9.22. The number of aliphatic hydroxyl groups is 1. The zero-order valence-electron chi connectivity index (χ0n) is 18.7. The topological polar surface area (TPSA) is 65.5 Å². The van der Waals surface area contributed by atoms with Crippen LogP contribution in [0.25, 0.3) is 0 Å². The van der Waals surface area contributed by atoms with E-state index in [1.54, 1.807) is 17.0 Å². The van der Waals surface area contributed by atoms with Crippen LogP contribution >= 0.6 is 0 Å². The van der Waals surface area contributed by atoms with Gasteiger partial charge in [-0.05, 0) is 24.1 Å². The van der Waals surface area contributed by atoms with E-state index in [2.05, 4.69) is 23.6 Å². The van der Waals surface area contributed by atoms with Crippen molar-refractivity contribution in [2.45, 2.75) is 26.1 Å². The van der Waals surface area contributed by atoms with Crippen molar-refractivity contribution >= 4 is 5.91 Å². The molecule has 2 saturated heterocycles.